The smallest absolute Gasteiger partial charge is 0.164 e. The van der Waals surface area contributed by atoms with Gasteiger partial charge in [0.25, 0.3) is 0 Å². The summed E-state index contributed by atoms with van der Waals surface area (Å²) in [6.45, 7) is 0. The van der Waals surface area contributed by atoms with E-state index in [1.807, 2.05) is 84.1 Å². The third-order valence-corrected chi connectivity index (χ3v) is 12.2. The summed E-state index contributed by atoms with van der Waals surface area (Å²) in [5.74, 6) is 1.84. The van der Waals surface area contributed by atoms with Gasteiger partial charge in [-0.05, 0) is 59.2 Å². The zero-order valence-electron chi connectivity index (χ0n) is 30.3. The number of fused-ring (bicyclic) bond motifs is 9. The number of benzene rings is 8. The fraction of sp³-hybridized carbons (Fsp3) is 0. The summed E-state index contributed by atoms with van der Waals surface area (Å²) < 4.78 is 15.5. The van der Waals surface area contributed by atoms with E-state index in [1.54, 1.807) is 0 Å². The van der Waals surface area contributed by atoms with Crippen molar-refractivity contribution in [1.29, 1.82) is 0 Å². The largest absolute Gasteiger partial charge is 0.456 e. The van der Waals surface area contributed by atoms with Crippen molar-refractivity contribution < 1.29 is 8.83 Å². The Morgan fingerprint density at radius 2 is 0.895 bits per heavy atom. The highest BCUT2D eigenvalue weighted by Crippen LogP contribution is 2.48. The lowest BCUT2D eigenvalue weighted by atomic mass is 9.92. The molecule has 0 aliphatic rings. The molecule has 12 rings (SSSR count). The van der Waals surface area contributed by atoms with Crippen LogP contribution in [0.4, 0.5) is 0 Å². The monoisotopic (exact) mass is 747 g/mol. The number of aromatic nitrogens is 3. The molecular formula is C51H29N3O2S. The van der Waals surface area contributed by atoms with E-state index in [0.29, 0.717) is 17.5 Å². The average Bonchev–Trinajstić information content (AvgIpc) is 3.97. The molecule has 0 radical (unpaired) electrons. The van der Waals surface area contributed by atoms with Crippen LogP contribution in [0.3, 0.4) is 0 Å². The Morgan fingerprint density at radius 1 is 0.333 bits per heavy atom. The van der Waals surface area contributed by atoms with Crippen LogP contribution >= 0.6 is 11.3 Å². The first kappa shape index (κ1) is 31.9. The number of para-hydroxylation sites is 1. The number of nitrogens with zero attached hydrogens (tertiary/aromatic N) is 3. The van der Waals surface area contributed by atoms with E-state index in [2.05, 4.69) is 103 Å². The van der Waals surface area contributed by atoms with Crippen LogP contribution in [0.5, 0.6) is 0 Å². The van der Waals surface area contributed by atoms with Gasteiger partial charge in [-0.25, -0.2) is 15.0 Å². The summed E-state index contributed by atoms with van der Waals surface area (Å²) in [6.07, 6.45) is 0. The van der Waals surface area contributed by atoms with Crippen molar-refractivity contribution in [2.24, 2.45) is 0 Å². The number of furan rings is 2. The molecule has 0 saturated heterocycles. The van der Waals surface area contributed by atoms with Gasteiger partial charge < -0.3 is 8.83 Å². The molecule has 0 spiro atoms. The molecule has 266 valence electrons. The first-order valence-corrected chi connectivity index (χ1v) is 19.7. The molecule has 0 aliphatic carbocycles. The Morgan fingerprint density at radius 3 is 1.68 bits per heavy atom. The quantitative estimate of drug-likeness (QED) is 0.175. The maximum Gasteiger partial charge on any atom is 0.164 e. The van der Waals surface area contributed by atoms with Crippen LogP contribution < -0.4 is 0 Å². The Balaban J connectivity index is 1.03. The van der Waals surface area contributed by atoms with Gasteiger partial charge in [-0.2, -0.15) is 0 Å². The zero-order valence-corrected chi connectivity index (χ0v) is 31.1. The third kappa shape index (κ3) is 5.12. The minimum Gasteiger partial charge on any atom is -0.456 e. The summed E-state index contributed by atoms with van der Waals surface area (Å²) in [7, 11) is 0. The summed E-state index contributed by atoms with van der Waals surface area (Å²) in [5, 5.41) is 6.88. The minimum absolute atomic E-state index is 0.591. The molecule has 4 heterocycles. The maximum absolute atomic E-state index is 6.66. The molecule has 12 aromatic rings. The molecule has 6 heteroatoms. The Labute approximate surface area is 330 Å². The summed E-state index contributed by atoms with van der Waals surface area (Å²) in [4.78, 5) is 14.8. The zero-order chi connectivity index (χ0) is 37.5. The summed E-state index contributed by atoms with van der Waals surface area (Å²) in [5.41, 5.74) is 10.8. The topological polar surface area (TPSA) is 65.0 Å². The van der Waals surface area contributed by atoms with E-state index in [0.717, 1.165) is 71.7 Å². The molecule has 0 saturated carbocycles. The van der Waals surface area contributed by atoms with E-state index >= 15 is 0 Å². The molecule has 0 amide bonds. The van der Waals surface area contributed by atoms with Crippen LogP contribution in [-0.4, -0.2) is 15.0 Å². The van der Waals surface area contributed by atoms with Crippen molar-refractivity contribution in [3.8, 4) is 56.4 Å². The average molecular weight is 748 g/mol. The second-order valence-electron chi connectivity index (χ2n) is 14.3. The lowest BCUT2D eigenvalue weighted by Gasteiger charge is -2.11. The van der Waals surface area contributed by atoms with Crippen LogP contribution in [0.2, 0.25) is 0 Å². The van der Waals surface area contributed by atoms with Gasteiger partial charge in [-0.3, -0.25) is 0 Å². The fourth-order valence-electron chi connectivity index (χ4n) is 8.30. The van der Waals surface area contributed by atoms with E-state index in [-0.39, 0.29) is 0 Å². The molecule has 0 bridgehead atoms. The van der Waals surface area contributed by atoms with E-state index in [4.69, 9.17) is 23.8 Å². The van der Waals surface area contributed by atoms with E-state index in [9.17, 15) is 0 Å². The van der Waals surface area contributed by atoms with Crippen molar-refractivity contribution in [1.82, 2.24) is 15.0 Å². The molecule has 0 aliphatic heterocycles. The normalized spacial score (nSPS) is 11.9. The first-order valence-electron chi connectivity index (χ1n) is 18.9. The number of hydrogen-bond acceptors (Lipinski definition) is 6. The van der Waals surface area contributed by atoms with Gasteiger partial charge in [0.05, 0.1) is 0 Å². The Kier molecular flexibility index (Phi) is 7.03. The Bertz CT molecular complexity index is 3470. The molecule has 4 aromatic heterocycles. The lowest BCUT2D eigenvalue weighted by Crippen LogP contribution is -2.00. The van der Waals surface area contributed by atoms with Gasteiger partial charge in [-0.15, -0.1) is 11.3 Å². The first-order chi connectivity index (χ1) is 28.2. The SMILES string of the molecule is c1ccc(-c2nc(-c3ccccc3)nc(-c3ccc4c(c3)oc3cccc(-c5ccc(-c6ccc7c(c6)oc6ccccc67)c6c5sc5ccccc56)c34)n2)cc1. The molecule has 0 N–H and O–H groups in total. The van der Waals surface area contributed by atoms with Crippen LogP contribution in [0.1, 0.15) is 0 Å². The van der Waals surface area contributed by atoms with Gasteiger partial charge in [0.2, 0.25) is 0 Å². The second-order valence-corrected chi connectivity index (χ2v) is 15.4. The minimum atomic E-state index is 0.591. The van der Waals surface area contributed by atoms with Gasteiger partial charge in [0.1, 0.15) is 22.3 Å². The van der Waals surface area contributed by atoms with Crippen LogP contribution in [-0.2, 0) is 0 Å². The number of hydrogen-bond donors (Lipinski definition) is 0. The van der Waals surface area contributed by atoms with Gasteiger partial charge >= 0.3 is 0 Å². The predicted molar refractivity (Wildman–Crippen MR) is 234 cm³/mol. The van der Waals surface area contributed by atoms with Gasteiger partial charge in [-0.1, -0.05) is 133 Å². The standard InChI is InChI=1S/C51H29N3O2S/c1-3-12-30(13-4-1)49-52-50(31-14-5-2-6-15-31)54-51(53-49)33-23-25-39-44(29-33)56-42-20-11-18-37(46(39)42)38-27-26-34(47-40-17-8-10-21-45(40)57-48(38)47)32-22-24-36-35-16-7-9-19-41(35)55-43(36)28-32/h1-29H. The molecule has 57 heavy (non-hydrogen) atoms. The molecule has 0 fully saturated rings. The van der Waals surface area contributed by atoms with E-state index in [1.165, 1.54) is 31.3 Å². The number of rotatable bonds is 5. The summed E-state index contributed by atoms with van der Waals surface area (Å²) in [6, 6.07) is 60.9. The van der Waals surface area contributed by atoms with Crippen LogP contribution in [0.25, 0.3) is 120 Å². The van der Waals surface area contributed by atoms with Crippen LogP contribution in [0, 0.1) is 0 Å². The van der Waals surface area contributed by atoms with Crippen LogP contribution in [0.15, 0.2) is 185 Å². The van der Waals surface area contributed by atoms with E-state index < -0.39 is 0 Å². The Hall–Kier alpha value is -7.41. The maximum atomic E-state index is 6.66. The molecule has 0 atom stereocenters. The van der Waals surface area contributed by atoms with Crippen molar-refractivity contribution in [2.45, 2.75) is 0 Å². The number of thiophene rings is 1. The van der Waals surface area contributed by atoms with Crippen molar-refractivity contribution in [2.75, 3.05) is 0 Å². The molecular weight excluding hydrogens is 719 g/mol. The van der Waals surface area contributed by atoms with Crippen molar-refractivity contribution in [3.63, 3.8) is 0 Å². The van der Waals surface area contributed by atoms with Crippen molar-refractivity contribution in [3.05, 3.63) is 176 Å². The summed E-state index contributed by atoms with van der Waals surface area (Å²) >= 11 is 1.84. The van der Waals surface area contributed by atoms with Crippen molar-refractivity contribution >= 4 is 75.4 Å². The molecule has 0 unspecified atom stereocenters. The van der Waals surface area contributed by atoms with Gasteiger partial charge in [0, 0.05) is 64.0 Å². The fourth-order valence-corrected chi connectivity index (χ4v) is 9.56. The third-order valence-electron chi connectivity index (χ3n) is 11.0. The predicted octanol–water partition coefficient (Wildman–Crippen LogP) is 14.4. The molecule has 5 nitrogen and oxygen atoms in total. The lowest BCUT2D eigenvalue weighted by molar-refractivity contribution is 0.668. The highest BCUT2D eigenvalue weighted by atomic mass is 32.1. The second kappa shape index (κ2) is 12.6. The highest BCUT2D eigenvalue weighted by molar-refractivity contribution is 7.26. The molecule has 8 aromatic carbocycles. The van der Waals surface area contributed by atoms with Gasteiger partial charge in [0.15, 0.2) is 17.5 Å². The highest BCUT2D eigenvalue weighted by Gasteiger charge is 2.21.